The lowest BCUT2D eigenvalue weighted by molar-refractivity contribution is -0.137. The molecule has 0 saturated carbocycles. The SMILES string of the molecule is O=C[C@@H]1Cc2ccc(cc2)OCC(=O)NCC(=O)N[C@H](Cc2ccc(C(F)(F)F)cc2)C(=O)NCC(=O)N1. The number of hydrogen-bond acceptors (Lipinski definition) is 6. The molecule has 2 aliphatic heterocycles. The summed E-state index contributed by atoms with van der Waals surface area (Å²) in [6, 6.07) is 8.35. The first kappa shape index (κ1) is 28.2. The molecule has 10 nitrogen and oxygen atoms in total. The number of alkyl halides is 3. The summed E-state index contributed by atoms with van der Waals surface area (Å²) < 4.78 is 44.0. The molecule has 0 aliphatic carbocycles. The molecule has 2 aliphatic rings. The summed E-state index contributed by atoms with van der Waals surface area (Å²) in [5.41, 5.74) is 0.133. The standard InChI is InChI=1S/C25H25F3N4O6/c26-25(27,28)17-5-1-16(2-6-17)10-20-24(37)30-12-21(34)31-18(13-33)9-15-3-7-19(8-4-15)38-14-23(36)29-11-22(35)32-20/h1-8,13,18,20H,9-12,14H2,(H,29,36)(H,30,37)(H,31,34)(H,32,35)/t18-,20+/m0/s1. The van der Waals surface area contributed by atoms with Crippen molar-refractivity contribution < 1.29 is 41.9 Å². The van der Waals surface area contributed by atoms with Gasteiger partial charge in [-0.25, -0.2) is 0 Å². The molecule has 13 heteroatoms. The molecule has 4 N–H and O–H groups in total. The average molecular weight is 534 g/mol. The van der Waals surface area contributed by atoms with Gasteiger partial charge in [-0.3, -0.25) is 19.2 Å². The van der Waals surface area contributed by atoms with Gasteiger partial charge in [0.2, 0.25) is 17.7 Å². The second-order valence-corrected chi connectivity index (χ2v) is 8.46. The number of nitrogens with one attached hydrogen (secondary N) is 4. The van der Waals surface area contributed by atoms with Gasteiger partial charge >= 0.3 is 6.18 Å². The molecule has 0 radical (unpaired) electrons. The highest BCUT2D eigenvalue weighted by molar-refractivity contribution is 5.92. The molecule has 2 aromatic rings. The molecule has 2 aromatic carbocycles. The Morgan fingerprint density at radius 3 is 2.11 bits per heavy atom. The van der Waals surface area contributed by atoms with Gasteiger partial charge in [0.15, 0.2) is 6.61 Å². The van der Waals surface area contributed by atoms with Crippen LogP contribution < -0.4 is 26.0 Å². The van der Waals surface area contributed by atoms with E-state index in [1.54, 1.807) is 24.3 Å². The number of hydrogen-bond donors (Lipinski definition) is 4. The number of fused-ring (bicyclic) bond motifs is 16. The van der Waals surface area contributed by atoms with Gasteiger partial charge in [-0.1, -0.05) is 24.3 Å². The van der Waals surface area contributed by atoms with E-state index < -0.39 is 67.1 Å². The van der Waals surface area contributed by atoms with E-state index in [1.807, 2.05) is 0 Å². The number of halogens is 3. The van der Waals surface area contributed by atoms with E-state index in [-0.39, 0.29) is 12.8 Å². The van der Waals surface area contributed by atoms with Crippen LogP contribution in [0.3, 0.4) is 0 Å². The molecule has 0 fully saturated rings. The minimum absolute atomic E-state index is 0.163. The highest BCUT2D eigenvalue weighted by Gasteiger charge is 2.30. The van der Waals surface area contributed by atoms with E-state index in [9.17, 15) is 37.1 Å². The van der Waals surface area contributed by atoms with Crippen molar-refractivity contribution in [1.82, 2.24) is 21.3 Å². The van der Waals surface area contributed by atoms with Crippen LogP contribution in [0.15, 0.2) is 48.5 Å². The van der Waals surface area contributed by atoms with Crippen LogP contribution in [-0.2, 0) is 43.0 Å². The molecule has 202 valence electrons. The Kier molecular flexibility index (Phi) is 9.41. The second-order valence-electron chi connectivity index (χ2n) is 8.46. The largest absolute Gasteiger partial charge is 0.484 e. The van der Waals surface area contributed by atoms with Crippen molar-refractivity contribution in [3.05, 3.63) is 65.2 Å². The van der Waals surface area contributed by atoms with Gasteiger partial charge in [-0.15, -0.1) is 0 Å². The first-order chi connectivity index (χ1) is 18.0. The fraction of sp³-hybridized carbons (Fsp3) is 0.320. The summed E-state index contributed by atoms with van der Waals surface area (Å²) >= 11 is 0. The molecule has 0 saturated heterocycles. The van der Waals surface area contributed by atoms with E-state index in [2.05, 4.69) is 21.3 Å². The van der Waals surface area contributed by atoms with E-state index >= 15 is 0 Å². The maximum Gasteiger partial charge on any atom is 0.416 e. The third-order valence-corrected chi connectivity index (χ3v) is 5.50. The normalized spacial score (nSPS) is 20.0. The van der Waals surface area contributed by atoms with Crippen LogP contribution in [0.1, 0.15) is 16.7 Å². The van der Waals surface area contributed by atoms with Gasteiger partial charge in [0.05, 0.1) is 24.7 Å². The van der Waals surface area contributed by atoms with E-state index in [1.165, 1.54) is 12.1 Å². The summed E-state index contributed by atoms with van der Waals surface area (Å²) in [6.45, 7) is -1.42. The quantitative estimate of drug-likeness (QED) is 0.329. The number of amides is 4. The van der Waals surface area contributed by atoms with Crippen LogP contribution in [0.5, 0.6) is 5.75 Å². The summed E-state index contributed by atoms with van der Waals surface area (Å²) in [6.07, 6.45) is -4.03. The van der Waals surface area contributed by atoms with Crippen LogP contribution >= 0.6 is 0 Å². The number of rotatable bonds is 3. The summed E-state index contributed by atoms with van der Waals surface area (Å²) in [4.78, 5) is 61.1. The summed E-state index contributed by atoms with van der Waals surface area (Å²) in [5.74, 6) is -2.46. The van der Waals surface area contributed by atoms with Crippen molar-refractivity contribution in [1.29, 1.82) is 0 Å². The molecule has 4 rings (SSSR count). The third-order valence-electron chi connectivity index (χ3n) is 5.50. The van der Waals surface area contributed by atoms with Crippen LogP contribution in [-0.4, -0.2) is 61.7 Å². The third kappa shape index (κ3) is 8.61. The second kappa shape index (κ2) is 12.7. The minimum Gasteiger partial charge on any atom is -0.484 e. The lowest BCUT2D eigenvalue weighted by Crippen LogP contribution is -2.52. The van der Waals surface area contributed by atoms with Crippen molar-refractivity contribution in [3.63, 3.8) is 0 Å². The Hall–Kier alpha value is -4.42. The molecule has 0 aromatic heterocycles. The smallest absolute Gasteiger partial charge is 0.416 e. The molecule has 2 bridgehead atoms. The molecule has 0 spiro atoms. The predicted molar refractivity (Wildman–Crippen MR) is 127 cm³/mol. The summed E-state index contributed by atoms with van der Waals surface area (Å²) in [5, 5.41) is 9.59. The lowest BCUT2D eigenvalue weighted by Gasteiger charge is -2.19. The van der Waals surface area contributed by atoms with Gasteiger partial charge in [-0.05, 0) is 41.8 Å². The first-order valence-corrected chi connectivity index (χ1v) is 11.5. The zero-order valence-corrected chi connectivity index (χ0v) is 20.0. The molecular weight excluding hydrogens is 509 g/mol. The molecule has 2 atom stereocenters. The molecule has 4 amide bonds. The van der Waals surface area contributed by atoms with Gasteiger partial charge < -0.3 is 30.8 Å². The Balaban J connectivity index is 1.76. The zero-order chi connectivity index (χ0) is 27.7. The number of carbonyl (C=O) groups excluding carboxylic acids is 5. The van der Waals surface area contributed by atoms with E-state index in [4.69, 9.17) is 4.74 Å². The van der Waals surface area contributed by atoms with Crippen molar-refractivity contribution in [2.75, 3.05) is 19.7 Å². The van der Waals surface area contributed by atoms with Gasteiger partial charge in [0.1, 0.15) is 18.1 Å². The molecular formula is C25H25F3N4O6. The van der Waals surface area contributed by atoms with Gasteiger partial charge in [-0.2, -0.15) is 13.2 Å². The highest BCUT2D eigenvalue weighted by Crippen LogP contribution is 2.29. The van der Waals surface area contributed by atoms with Crippen molar-refractivity contribution >= 4 is 29.9 Å². The van der Waals surface area contributed by atoms with E-state index in [0.29, 0.717) is 23.2 Å². The van der Waals surface area contributed by atoms with Gasteiger partial charge in [0, 0.05) is 6.42 Å². The summed E-state index contributed by atoms with van der Waals surface area (Å²) in [7, 11) is 0. The maximum absolute atomic E-state index is 12.9. The maximum atomic E-state index is 12.9. The Morgan fingerprint density at radius 1 is 0.842 bits per heavy atom. The Bertz CT molecular complexity index is 1170. The fourth-order valence-electron chi connectivity index (χ4n) is 3.56. The van der Waals surface area contributed by atoms with Crippen molar-refractivity contribution in [2.24, 2.45) is 0 Å². The van der Waals surface area contributed by atoms with Gasteiger partial charge in [0.25, 0.3) is 5.91 Å². The Morgan fingerprint density at radius 2 is 1.47 bits per heavy atom. The monoisotopic (exact) mass is 534 g/mol. The average Bonchev–Trinajstić information content (AvgIpc) is 2.88. The van der Waals surface area contributed by atoms with Crippen molar-refractivity contribution in [2.45, 2.75) is 31.1 Å². The zero-order valence-electron chi connectivity index (χ0n) is 20.0. The van der Waals surface area contributed by atoms with Crippen LogP contribution in [0, 0.1) is 0 Å². The Labute approximate surface area is 215 Å². The number of aldehydes is 1. The molecule has 2 heterocycles. The van der Waals surface area contributed by atoms with Crippen LogP contribution in [0.2, 0.25) is 0 Å². The number of carbonyl (C=O) groups is 5. The fourth-order valence-corrected chi connectivity index (χ4v) is 3.56. The predicted octanol–water partition coefficient (Wildman–Crippen LogP) is 0.284. The highest BCUT2D eigenvalue weighted by atomic mass is 19.4. The number of benzene rings is 2. The molecule has 0 unspecified atom stereocenters. The molecule has 38 heavy (non-hydrogen) atoms. The first-order valence-electron chi connectivity index (χ1n) is 11.5. The van der Waals surface area contributed by atoms with Crippen LogP contribution in [0.25, 0.3) is 0 Å². The topological polar surface area (TPSA) is 143 Å². The number of ether oxygens (including phenoxy) is 1. The van der Waals surface area contributed by atoms with E-state index in [0.717, 1.165) is 12.1 Å². The lowest BCUT2D eigenvalue weighted by atomic mass is 10.0. The van der Waals surface area contributed by atoms with Crippen molar-refractivity contribution in [3.8, 4) is 5.75 Å². The minimum atomic E-state index is -4.54. The van der Waals surface area contributed by atoms with Crippen LogP contribution in [0.4, 0.5) is 13.2 Å².